The zero-order valence-electron chi connectivity index (χ0n) is 13.1. The van der Waals surface area contributed by atoms with E-state index in [0.717, 1.165) is 12.8 Å². The molecule has 2 aliphatic rings. The van der Waals surface area contributed by atoms with E-state index in [-0.39, 0.29) is 17.6 Å². The molecule has 5 heteroatoms. The summed E-state index contributed by atoms with van der Waals surface area (Å²) < 4.78 is 14.3. The van der Waals surface area contributed by atoms with Gasteiger partial charge >= 0.3 is 5.97 Å². The van der Waals surface area contributed by atoms with Gasteiger partial charge in [-0.15, -0.1) is 0 Å². The highest BCUT2D eigenvalue weighted by Gasteiger charge is 2.47. The van der Waals surface area contributed by atoms with Crippen molar-refractivity contribution in [2.75, 3.05) is 13.1 Å². The fourth-order valence-electron chi connectivity index (χ4n) is 4.06. The van der Waals surface area contributed by atoms with Crippen molar-refractivity contribution in [3.05, 3.63) is 35.6 Å². The van der Waals surface area contributed by atoms with Gasteiger partial charge in [0.2, 0.25) is 5.91 Å². The average molecular weight is 319 g/mol. The predicted octanol–water partition coefficient (Wildman–Crippen LogP) is 2.96. The van der Waals surface area contributed by atoms with Gasteiger partial charge in [-0.1, -0.05) is 31.0 Å². The van der Waals surface area contributed by atoms with Crippen molar-refractivity contribution in [1.29, 1.82) is 0 Å². The first-order chi connectivity index (χ1) is 11.0. The van der Waals surface area contributed by atoms with Crippen LogP contribution < -0.4 is 0 Å². The van der Waals surface area contributed by atoms with Gasteiger partial charge in [-0.05, 0) is 31.7 Å². The first kappa shape index (κ1) is 16.0. The van der Waals surface area contributed by atoms with Crippen LogP contribution in [-0.4, -0.2) is 35.0 Å². The smallest absolute Gasteiger partial charge is 0.306 e. The van der Waals surface area contributed by atoms with Crippen LogP contribution in [-0.2, 0) is 15.0 Å². The van der Waals surface area contributed by atoms with Crippen LogP contribution in [0.2, 0.25) is 0 Å². The number of piperidine rings is 1. The molecule has 0 unspecified atom stereocenters. The van der Waals surface area contributed by atoms with Gasteiger partial charge in [-0.25, -0.2) is 4.39 Å². The van der Waals surface area contributed by atoms with Crippen LogP contribution in [0.15, 0.2) is 24.3 Å². The van der Waals surface area contributed by atoms with Crippen molar-refractivity contribution in [1.82, 2.24) is 4.90 Å². The number of carboxylic acid groups (broad SMARTS) is 1. The summed E-state index contributed by atoms with van der Waals surface area (Å²) in [7, 11) is 0. The normalized spacial score (nSPS) is 21.3. The largest absolute Gasteiger partial charge is 0.481 e. The van der Waals surface area contributed by atoms with Gasteiger partial charge in [-0.3, -0.25) is 9.59 Å². The third-order valence-corrected chi connectivity index (χ3v) is 5.39. The molecule has 1 aliphatic carbocycles. The number of hydrogen-bond acceptors (Lipinski definition) is 2. The number of likely N-dealkylation sites (tertiary alicyclic amines) is 1. The number of benzene rings is 1. The average Bonchev–Trinajstić information content (AvgIpc) is 3.05. The Morgan fingerprint density at radius 3 is 2.30 bits per heavy atom. The molecule has 23 heavy (non-hydrogen) atoms. The molecule has 0 radical (unpaired) electrons. The van der Waals surface area contributed by atoms with E-state index >= 15 is 0 Å². The fourth-order valence-corrected chi connectivity index (χ4v) is 4.06. The highest BCUT2D eigenvalue weighted by molar-refractivity contribution is 5.89. The van der Waals surface area contributed by atoms with Crippen LogP contribution in [0.1, 0.15) is 44.1 Å². The number of nitrogens with zero attached hydrogens (tertiary/aromatic N) is 1. The van der Waals surface area contributed by atoms with E-state index < -0.39 is 11.4 Å². The maximum Gasteiger partial charge on any atom is 0.306 e. The number of carbonyl (C=O) groups is 2. The van der Waals surface area contributed by atoms with Crippen molar-refractivity contribution in [2.24, 2.45) is 5.92 Å². The lowest BCUT2D eigenvalue weighted by Crippen LogP contribution is -2.49. The molecular formula is C18H22FNO3. The van der Waals surface area contributed by atoms with Crippen LogP contribution in [0.25, 0.3) is 0 Å². The zero-order chi connectivity index (χ0) is 16.4. The van der Waals surface area contributed by atoms with Gasteiger partial charge in [0.25, 0.3) is 0 Å². The Labute approximate surface area is 135 Å². The Kier molecular flexibility index (Phi) is 4.37. The van der Waals surface area contributed by atoms with Crippen molar-refractivity contribution >= 4 is 11.9 Å². The molecule has 1 saturated carbocycles. The second-order valence-electron chi connectivity index (χ2n) is 6.67. The maximum absolute atomic E-state index is 14.3. The van der Waals surface area contributed by atoms with E-state index in [4.69, 9.17) is 5.11 Å². The van der Waals surface area contributed by atoms with Crippen molar-refractivity contribution in [3.63, 3.8) is 0 Å². The minimum Gasteiger partial charge on any atom is -0.481 e. The Bertz CT molecular complexity index is 602. The van der Waals surface area contributed by atoms with Crippen LogP contribution in [0, 0.1) is 11.7 Å². The summed E-state index contributed by atoms with van der Waals surface area (Å²) >= 11 is 0. The lowest BCUT2D eigenvalue weighted by Gasteiger charge is -2.38. The van der Waals surface area contributed by atoms with E-state index in [1.165, 1.54) is 6.07 Å². The van der Waals surface area contributed by atoms with Crippen LogP contribution in [0.5, 0.6) is 0 Å². The number of amides is 1. The van der Waals surface area contributed by atoms with Crippen molar-refractivity contribution in [3.8, 4) is 0 Å². The Hall–Kier alpha value is -1.91. The summed E-state index contributed by atoms with van der Waals surface area (Å²) in [5.41, 5.74) is -0.260. The molecule has 1 amide bonds. The molecule has 0 bridgehead atoms. The Morgan fingerprint density at radius 1 is 1.13 bits per heavy atom. The number of aliphatic carboxylic acids is 1. The summed E-state index contributed by atoms with van der Waals surface area (Å²) in [5, 5.41) is 9.09. The number of halogens is 1. The number of rotatable bonds is 3. The number of carboxylic acids is 1. The van der Waals surface area contributed by atoms with Gasteiger partial charge in [-0.2, -0.15) is 0 Å². The molecule has 1 saturated heterocycles. The second kappa shape index (κ2) is 6.30. The molecule has 0 aromatic heterocycles. The van der Waals surface area contributed by atoms with Crippen molar-refractivity contribution < 1.29 is 19.1 Å². The van der Waals surface area contributed by atoms with Crippen LogP contribution in [0.3, 0.4) is 0 Å². The molecule has 4 nitrogen and oxygen atoms in total. The SMILES string of the molecule is O=C(O)C1CCN(C(=O)C2(c3ccccc3F)CCCC2)CC1. The molecule has 1 aromatic rings. The first-order valence-corrected chi connectivity index (χ1v) is 8.32. The van der Waals surface area contributed by atoms with Gasteiger partial charge in [0, 0.05) is 18.7 Å². The second-order valence-corrected chi connectivity index (χ2v) is 6.67. The summed E-state index contributed by atoms with van der Waals surface area (Å²) in [6.45, 7) is 0.901. The predicted molar refractivity (Wildman–Crippen MR) is 83.5 cm³/mol. The van der Waals surface area contributed by atoms with Crippen molar-refractivity contribution in [2.45, 2.75) is 43.9 Å². The Balaban J connectivity index is 1.84. The Morgan fingerprint density at radius 2 is 1.74 bits per heavy atom. The molecule has 124 valence electrons. The molecule has 1 aliphatic heterocycles. The van der Waals surface area contributed by atoms with E-state index in [2.05, 4.69) is 0 Å². The number of hydrogen-bond donors (Lipinski definition) is 1. The van der Waals surface area contributed by atoms with Gasteiger partial charge in [0.05, 0.1) is 11.3 Å². The highest BCUT2D eigenvalue weighted by Crippen LogP contribution is 2.44. The van der Waals surface area contributed by atoms with E-state index in [1.54, 1.807) is 23.1 Å². The monoisotopic (exact) mass is 319 g/mol. The highest BCUT2D eigenvalue weighted by atomic mass is 19.1. The molecule has 0 spiro atoms. The molecule has 0 atom stereocenters. The number of carbonyl (C=O) groups excluding carboxylic acids is 1. The minimum absolute atomic E-state index is 0.0241. The van der Waals surface area contributed by atoms with E-state index in [9.17, 15) is 14.0 Å². The molecule has 2 fully saturated rings. The molecule has 3 rings (SSSR count). The topological polar surface area (TPSA) is 57.6 Å². The summed E-state index contributed by atoms with van der Waals surface area (Å²) in [4.78, 5) is 26.0. The maximum atomic E-state index is 14.3. The van der Waals surface area contributed by atoms with E-state index in [1.807, 2.05) is 0 Å². The molecule has 1 aromatic carbocycles. The van der Waals surface area contributed by atoms with Gasteiger partial charge in [0.15, 0.2) is 0 Å². The quantitative estimate of drug-likeness (QED) is 0.932. The standard InChI is InChI=1S/C18H22FNO3/c19-15-6-2-1-5-14(15)18(9-3-4-10-18)17(23)20-11-7-13(8-12-20)16(21)22/h1-2,5-6,13H,3-4,7-12H2,(H,21,22). The molecular weight excluding hydrogens is 297 g/mol. The third kappa shape index (κ3) is 2.84. The summed E-state index contributed by atoms with van der Waals surface area (Å²) in [5.74, 6) is -1.50. The summed E-state index contributed by atoms with van der Waals surface area (Å²) in [6, 6.07) is 6.56. The zero-order valence-corrected chi connectivity index (χ0v) is 13.1. The van der Waals surface area contributed by atoms with Crippen LogP contribution >= 0.6 is 0 Å². The first-order valence-electron chi connectivity index (χ1n) is 8.32. The summed E-state index contributed by atoms with van der Waals surface area (Å²) in [6.07, 6.45) is 4.15. The van der Waals surface area contributed by atoms with Gasteiger partial charge < -0.3 is 10.0 Å². The fraction of sp³-hybridized carbons (Fsp3) is 0.556. The lowest BCUT2D eigenvalue weighted by atomic mass is 9.76. The lowest BCUT2D eigenvalue weighted by molar-refractivity contribution is -0.147. The third-order valence-electron chi connectivity index (χ3n) is 5.39. The van der Waals surface area contributed by atoms with E-state index in [0.29, 0.717) is 44.3 Å². The molecule has 1 heterocycles. The van der Waals surface area contributed by atoms with Crippen LogP contribution in [0.4, 0.5) is 4.39 Å². The van der Waals surface area contributed by atoms with Gasteiger partial charge in [0.1, 0.15) is 5.82 Å². The molecule has 1 N–H and O–H groups in total. The minimum atomic E-state index is -0.790.